The molecular weight excluding hydrogens is 352 g/mol. The van der Waals surface area contributed by atoms with Crippen LogP contribution in [0.2, 0.25) is 0 Å². The average Bonchev–Trinajstić information content (AvgIpc) is 3.41. The van der Waals surface area contributed by atoms with Gasteiger partial charge in [-0.2, -0.15) is 5.10 Å². The van der Waals surface area contributed by atoms with Gasteiger partial charge in [0.2, 0.25) is 5.91 Å². The van der Waals surface area contributed by atoms with Crippen molar-refractivity contribution in [2.75, 3.05) is 10.6 Å². The highest BCUT2D eigenvalue weighted by atomic mass is 16.1. The molecule has 1 aliphatic rings. The molecule has 138 valence electrons. The van der Waals surface area contributed by atoms with Gasteiger partial charge in [-0.1, -0.05) is 12.1 Å². The highest BCUT2D eigenvalue weighted by Gasteiger charge is 2.15. The van der Waals surface area contributed by atoms with E-state index < -0.39 is 0 Å². The molecule has 3 N–H and O–H groups in total. The Labute approximate surface area is 161 Å². The number of aromatic nitrogens is 4. The maximum Gasteiger partial charge on any atom is 0.224 e. The van der Waals surface area contributed by atoms with Crippen molar-refractivity contribution in [3.8, 4) is 16.9 Å². The van der Waals surface area contributed by atoms with Gasteiger partial charge in [-0.25, -0.2) is 4.98 Å². The number of anilines is 3. The third-order valence-electron chi connectivity index (χ3n) is 4.83. The predicted molar refractivity (Wildman–Crippen MR) is 108 cm³/mol. The monoisotopic (exact) mass is 370 g/mol. The average molecular weight is 370 g/mol. The van der Waals surface area contributed by atoms with Crippen molar-refractivity contribution in [1.82, 2.24) is 19.7 Å². The van der Waals surface area contributed by atoms with Crippen LogP contribution in [0.25, 0.3) is 16.9 Å². The Hall–Kier alpha value is -3.87. The zero-order valence-electron chi connectivity index (χ0n) is 15.0. The van der Waals surface area contributed by atoms with Gasteiger partial charge >= 0.3 is 0 Å². The molecule has 0 saturated carbocycles. The largest absolute Gasteiger partial charge is 0.339 e. The Balaban J connectivity index is 1.33. The minimum Gasteiger partial charge on any atom is -0.339 e. The van der Waals surface area contributed by atoms with Crippen molar-refractivity contribution in [3.63, 3.8) is 0 Å². The van der Waals surface area contributed by atoms with Crippen molar-refractivity contribution in [3.05, 3.63) is 72.8 Å². The molecule has 0 fully saturated rings. The van der Waals surface area contributed by atoms with Gasteiger partial charge in [-0.05, 0) is 47.9 Å². The highest BCUT2D eigenvalue weighted by molar-refractivity contribution is 5.94. The van der Waals surface area contributed by atoms with Crippen LogP contribution in [-0.2, 0) is 11.2 Å². The minimum absolute atomic E-state index is 0.0733. The predicted octanol–water partition coefficient (Wildman–Crippen LogP) is 3.89. The quantitative estimate of drug-likeness (QED) is 0.509. The third kappa shape index (κ3) is 3.14. The fourth-order valence-electron chi connectivity index (χ4n) is 3.37. The standard InChI is InChI=1S/C21H18N6O/c28-21-8-3-15-11-16(4-7-18(15)24-21)23-20-12-19(25-26-20)14-1-5-17(6-2-14)27-10-9-22-13-27/h1-2,4-7,9-13H,3,8H2,(H,24,28)(H2,23,25,26). The van der Waals surface area contributed by atoms with Crippen molar-refractivity contribution < 1.29 is 4.79 Å². The molecule has 1 amide bonds. The molecule has 7 nitrogen and oxygen atoms in total. The van der Waals surface area contributed by atoms with E-state index >= 15 is 0 Å². The number of nitrogens with one attached hydrogen (secondary N) is 3. The number of carbonyl (C=O) groups excluding carboxylic acids is 1. The fourth-order valence-corrected chi connectivity index (χ4v) is 3.37. The van der Waals surface area contributed by atoms with Gasteiger partial charge in [0.15, 0.2) is 5.82 Å². The molecule has 4 aromatic rings. The molecule has 3 heterocycles. The number of hydrogen-bond donors (Lipinski definition) is 3. The Morgan fingerprint density at radius 3 is 2.75 bits per heavy atom. The van der Waals surface area contributed by atoms with Crippen LogP contribution in [0.3, 0.4) is 0 Å². The molecule has 0 radical (unpaired) electrons. The zero-order valence-corrected chi connectivity index (χ0v) is 15.0. The Kier molecular flexibility index (Phi) is 3.90. The van der Waals surface area contributed by atoms with Crippen LogP contribution in [0.4, 0.5) is 17.2 Å². The smallest absolute Gasteiger partial charge is 0.224 e. The summed E-state index contributed by atoms with van der Waals surface area (Å²) in [7, 11) is 0. The molecule has 2 aromatic heterocycles. The second kappa shape index (κ2) is 6.70. The number of hydrogen-bond acceptors (Lipinski definition) is 4. The Morgan fingerprint density at radius 2 is 1.93 bits per heavy atom. The van der Waals surface area contributed by atoms with E-state index in [1.165, 1.54) is 0 Å². The number of benzene rings is 2. The molecule has 28 heavy (non-hydrogen) atoms. The number of imidazole rings is 1. The maximum atomic E-state index is 11.5. The summed E-state index contributed by atoms with van der Waals surface area (Å²) in [6, 6.07) is 16.1. The van der Waals surface area contributed by atoms with E-state index in [2.05, 4.69) is 31.9 Å². The molecule has 7 heteroatoms. The maximum absolute atomic E-state index is 11.5. The number of amides is 1. The summed E-state index contributed by atoms with van der Waals surface area (Å²) >= 11 is 0. The van der Waals surface area contributed by atoms with Crippen molar-refractivity contribution in [1.29, 1.82) is 0 Å². The SMILES string of the molecule is O=C1CCc2cc(Nc3cc(-c4ccc(-n5ccnc5)cc4)[nH]n3)ccc2N1. The lowest BCUT2D eigenvalue weighted by atomic mass is 10.0. The molecule has 5 rings (SSSR count). The van der Waals surface area contributed by atoms with Crippen LogP contribution in [-0.4, -0.2) is 25.7 Å². The number of aromatic amines is 1. The third-order valence-corrected chi connectivity index (χ3v) is 4.83. The normalized spacial score (nSPS) is 13.1. The fraction of sp³-hybridized carbons (Fsp3) is 0.0952. The zero-order chi connectivity index (χ0) is 18.9. The number of aryl methyl sites for hydroxylation is 1. The lowest BCUT2D eigenvalue weighted by molar-refractivity contribution is -0.116. The van der Waals surface area contributed by atoms with E-state index in [0.717, 1.165) is 46.1 Å². The molecule has 0 aliphatic carbocycles. The number of fused-ring (bicyclic) bond motifs is 1. The van der Waals surface area contributed by atoms with Crippen LogP contribution in [0.1, 0.15) is 12.0 Å². The summed E-state index contributed by atoms with van der Waals surface area (Å²) < 4.78 is 1.96. The molecule has 0 unspecified atom stereocenters. The van der Waals surface area contributed by atoms with Crippen molar-refractivity contribution >= 4 is 23.1 Å². The first-order chi connectivity index (χ1) is 13.7. The van der Waals surface area contributed by atoms with Crippen LogP contribution < -0.4 is 10.6 Å². The minimum atomic E-state index is 0.0733. The number of nitrogens with zero attached hydrogens (tertiary/aromatic N) is 3. The van der Waals surface area contributed by atoms with Gasteiger partial charge in [0, 0.05) is 41.9 Å². The number of carbonyl (C=O) groups is 1. The van der Waals surface area contributed by atoms with Crippen molar-refractivity contribution in [2.45, 2.75) is 12.8 Å². The van der Waals surface area contributed by atoms with Crippen LogP contribution >= 0.6 is 0 Å². The van der Waals surface area contributed by atoms with Gasteiger partial charge in [0.1, 0.15) is 0 Å². The highest BCUT2D eigenvalue weighted by Crippen LogP contribution is 2.28. The summed E-state index contributed by atoms with van der Waals surface area (Å²) in [5.41, 5.74) is 6.02. The van der Waals surface area contributed by atoms with Gasteiger partial charge in [-0.15, -0.1) is 0 Å². The van der Waals surface area contributed by atoms with E-state index in [4.69, 9.17) is 0 Å². The van der Waals surface area contributed by atoms with Gasteiger partial charge in [0.05, 0.1) is 12.0 Å². The summed E-state index contributed by atoms with van der Waals surface area (Å²) in [6.07, 6.45) is 6.73. The molecule has 2 aromatic carbocycles. The van der Waals surface area contributed by atoms with Gasteiger partial charge in [-0.3, -0.25) is 9.89 Å². The van der Waals surface area contributed by atoms with Crippen LogP contribution in [0.15, 0.2) is 67.3 Å². The van der Waals surface area contributed by atoms with Crippen molar-refractivity contribution in [2.24, 2.45) is 0 Å². The molecular formula is C21H18N6O. The number of H-pyrrole nitrogens is 1. The van der Waals surface area contributed by atoms with Gasteiger partial charge in [0.25, 0.3) is 0 Å². The van der Waals surface area contributed by atoms with Gasteiger partial charge < -0.3 is 15.2 Å². The van der Waals surface area contributed by atoms with E-state index in [1.54, 1.807) is 12.5 Å². The summed E-state index contributed by atoms with van der Waals surface area (Å²) in [5, 5.41) is 13.7. The second-order valence-electron chi connectivity index (χ2n) is 6.73. The van der Waals surface area contributed by atoms with E-state index in [1.807, 2.05) is 53.2 Å². The lowest BCUT2D eigenvalue weighted by Crippen LogP contribution is -2.18. The Bertz CT molecular complexity index is 1130. The summed E-state index contributed by atoms with van der Waals surface area (Å²) in [6.45, 7) is 0. The Morgan fingerprint density at radius 1 is 1.04 bits per heavy atom. The topological polar surface area (TPSA) is 87.6 Å². The van der Waals surface area contributed by atoms with Crippen LogP contribution in [0, 0.1) is 0 Å². The molecule has 0 spiro atoms. The molecule has 0 bridgehead atoms. The summed E-state index contributed by atoms with van der Waals surface area (Å²) in [4.78, 5) is 15.6. The molecule has 0 saturated heterocycles. The first-order valence-corrected chi connectivity index (χ1v) is 9.08. The van der Waals surface area contributed by atoms with E-state index in [9.17, 15) is 4.79 Å². The lowest BCUT2D eigenvalue weighted by Gasteiger charge is -2.17. The van der Waals surface area contributed by atoms with E-state index in [0.29, 0.717) is 6.42 Å². The molecule has 1 aliphatic heterocycles. The first-order valence-electron chi connectivity index (χ1n) is 9.08. The number of rotatable bonds is 4. The summed E-state index contributed by atoms with van der Waals surface area (Å²) in [5.74, 6) is 0.817. The molecule has 0 atom stereocenters. The first kappa shape index (κ1) is 16.3. The van der Waals surface area contributed by atoms with E-state index in [-0.39, 0.29) is 5.91 Å². The van der Waals surface area contributed by atoms with Crippen LogP contribution in [0.5, 0.6) is 0 Å². The second-order valence-corrected chi connectivity index (χ2v) is 6.73.